The van der Waals surface area contributed by atoms with E-state index in [0.717, 1.165) is 23.2 Å². The van der Waals surface area contributed by atoms with E-state index in [4.69, 9.17) is 0 Å². The molecule has 1 amide bonds. The van der Waals surface area contributed by atoms with Gasteiger partial charge in [0.25, 0.3) is 5.91 Å². The largest absolute Gasteiger partial charge is 0.322 e. The van der Waals surface area contributed by atoms with Crippen molar-refractivity contribution >= 4 is 17.7 Å². The van der Waals surface area contributed by atoms with Crippen LogP contribution in [0.1, 0.15) is 37.3 Å². The highest BCUT2D eigenvalue weighted by atomic mass is 16.1. The van der Waals surface area contributed by atoms with Crippen molar-refractivity contribution in [3.05, 3.63) is 71.3 Å². The van der Waals surface area contributed by atoms with Gasteiger partial charge in [-0.1, -0.05) is 56.3 Å². The van der Waals surface area contributed by atoms with Crippen molar-refractivity contribution in [3.8, 4) is 0 Å². The van der Waals surface area contributed by atoms with Crippen LogP contribution in [0.3, 0.4) is 0 Å². The average Bonchev–Trinajstić information content (AvgIpc) is 2.55. The van der Waals surface area contributed by atoms with Crippen LogP contribution in [0.15, 0.2) is 60.2 Å². The fourth-order valence-electron chi connectivity index (χ4n) is 3.35. The summed E-state index contributed by atoms with van der Waals surface area (Å²) in [6, 6.07) is 18.0. The third-order valence-corrected chi connectivity index (χ3v) is 4.53. The van der Waals surface area contributed by atoms with Gasteiger partial charge in [0.05, 0.1) is 0 Å². The van der Waals surface area contributed by atoms with E-state index in [2.05, 4.69) is 43.4 Å². The van der Waals surface area contributed by atoms with Gasteiger partial charge >= 0.3 is 0 Å². The lowest BCUT2D eigenvalue weighted by Gasteiger charge is -2.31. The summed E-state index contributed by atoms with van der Waals surface area (Å²) in [4.78, 5) is 12.7. The summed E-state index contributed by atoms with van der Waals surface area (Å²) in [5.41, 5.74) is 4.23. The molecule has 0 radical (unpaired) electrons. The van der Waals surface area contributed by atoms with Crippen molar-refractivity contribution in [2.45, 2.75) is 26.2 Å². The summed E-state index contributed by atoms with van der Waals surface area (Å²) < 4.78 is 0. The van der Waals surface area contributed by atoms with Gasteiger partial charge in [-0.05, 0) is 47.6 Å². The summed E-state index contributed by atoms with van der Waals surface area (Å²) in [7, 11) is 0. The highest BCUT2D eigenvalue weighted by Crippen LogP contribution is 2.40. The molecule has 1 aliphatic carbocycles. The zero-order valence-electron chi connectivity index (χ0n) is 13.0. The number of hydrogen-bond donors (Lipinski definition) is 1. The van der Waals surface area contributed by atoms with Gasteiger partial charge in [0.2, 0.25) is 0 Å². The number of anilines is 1. The minimum Gasteiger partial charge on any atom is -0.322 e. The Morgan fingerprint density at radius 3 is 2.45 bits per heavy atom. The Balaban J connectivity index is 1.94. The minimum absolute atomic E-state index is 0.0133. The number of hydrogen-bond acceptors (Lipinski definition) is 1. The topological polar surface area (TPSA) is 29.1 Å². The van der Waals surface area contributed by atoms with Gasteiger partial charge in [-0.25, -0.2) is 0 Å². The molecule has 2 aromatic carbocycles. The number of fused-ring (bicyclic) bond motifs is 1. The van der Waals surface area contributed by atoms with Crippen LogP contribution >= 0.6 is 0 Å². The van der Waals surface area contributed by atoms with Gasteiger partial charge in [0, 0.05) is 11.3 Å². The van der Waals surface area contributed by atoms with Crippen LogP contribution < -0.4 is 5.32 Å². The van der Waals surface area contributed by atoms with Gasteiger partial charge in [0.15, 0.2) is 0 Å². The van der Waals surface area contributed by atoms with Gasteiger partial charge in [0.1, 0.15) is 0 Å². The Morgan fingerprint density at radius 1 is 1.05 bits per heavy atom. The molecule has 0 aliphatic heterocycles. The molecule has 0 saturated heterocycles. The fraction of sp³-hybridized carbons (Fsp3) is 0.250. The molecule has 0 aromatic heterocycles. The van der Waals surface area contributed by atoms with Crippen molar-refractivity contribution in [1.82, 2.24) is 0 Å². The van der Waals surface area contributed by atoms with Crippen LogP contribution in [0, 0.1) is 5.92 Å². The normalized spacial score (nSPS) is 20.0. The molecular formula is C20H21NO. The minimum atomic E-state index is 0.0133. The number of carbonyl (C=O) groups excluding carboxylic acids is 1. The van der Waals surface area contributed by atoms with E-state index in [0.29, 0.717) is 5.92 Å². The Hall–Kier alpha value is -2.35. The van der Waals surface area contributed by atoms with E-state index in [9.17, 15) is 4.79 Å². The van der Waals surface area contributed by atoms with Crippen LogP contribution in [0.25, 0.3) is 6.08 Å². The Morgan fingerprint density at radius 2 is 1.73 bits per heavy atom. The van der Waals surface area contributed by atoms with Crippen LogP contribution in [0.5, 0.6) is 0 Å². The number of para-hydroxylation sites is 1. The monoisotopic (exact) mass is 291 g/mol. The standard InChI is InChI=1S/C20H21NO/c1-3-17-14(2)18-12-8-7-9-15(18)13-19(17)20(22)21-16-10-5-4-6-11-16/h4-14,17H,3H2,1-2H3,(H,21,22). The van der Waals surface area contributed by atoms with Crippen LogP contribution in [0.4, 0.5) is 5.69 Å². The highest BCUT2D eigenvalue weighted by Gasteiger charge is 2.30. The van der Waals surface area contributed by atoms with Gasteiger partial charge in [-0.15, -0.1) is 0 Å². The van der Waals surface area contributed by atoms with Crippen LogP contribution in [0.2, 0.25) is 0 Å². The van der Waals surface area contributed by atoms with Crippen molar-refractivity contribution in [3.63, 3.8) is 0 Å². The number of rotatable bonds is 3. The molecule has 22 heavy (non-hydrogen) atoms. The van der Waals surface area contributed by atoms with Crippen molar-refractivity contribution < 1.29 is 4.79 Å². The van der Waals surface area contributed by atoms with E-state index >= 15 is 0 Å². The predicted octanol–water partition coefficient (Wildman–Crippen LogP) is 4.85. The van der Waals surface area contributed by atoms with E-state index in [1.807, 2.05) is 36.4 Å². The number of amides is 1. The molecule has 0 spiro atoms. The lowest BCUT2D eigenvalue weighted by molar-refractivity contribution is -0.113. The Labute approximate surface area is 131 Å². The van der Waals surface area contributed by atoms with E-state index in [1.165, 1.54) is 5.56 Å². The van der Waals surface area contributed by atoms with Gasteiger partial charge in [-0.2, -0.15) is 0 Å². The summed E-state index contributed by atoms with van der Waals surface area (Å²) in [5.74, 6) is 0.640. The lowest BCUT2D eigenvalue weighted by Crippen LogP contribution is -2.26. The molecular weight excluding hydrogens is 270 g/mol. The number of carbonyl (C=O) groups is 1. The summed E-state index contributed by atoms with van der Waals surface area (Å²) >= 11 is 0. The van der Waals surface area contributed by atoms with Crippen molar-refractivity contribution in [2.75, 3.05) is 5.32 Å². The maximum Gasteiger partial charge on any atom is 0.251 e. The fourth-order valence-corrected chi connectivity index (χ4v) is 3.35. The Bertz CT molecular complexity index is 703. The molecule has 2 heteroatoms. The first-order valence-electron chi connectivity index (χ1n) is 7.87. The summed E-state index contributed by atoms with van der Waals surface area (Å²) in [6.07, 6.45) is 3.02. The third-order valence-electron chi connectivity index (χ3n) is 4.53. The molecule has 2 unspecified atom stereocenters. The number of benzene rings is 2. The first-order chi connectivity index (χ1) is 10.7. The molecule has 0 heterocycles. The lowest BCUT2D eigenvalue weighted by atomic mass is 9.74. The molecule has 0 fully saturated rings. The first kappa shape index (κ1) is 14.6. The summed E-state index contributed by atoms with van der Waals surface area (Å²) in [6.45, 7) is 4.37. The highest BCUT2D eigenvalue weighted by molar-refractivity contribution is 6.07. The summed E-state index contributed by atoms with van der Waals surface area (Å²) in [5, 5.41) is 3.02. The molecule has 2 atom stereocenters. The first-order valence-corrected chi connectivity index (χ1v) is 7.87. The van der Waals surface area contributed by atoms with E-state index in [-0.39, 0.29) is 11.8 Å². The molecule has 0 saturated carbocycles. The third kappa shape index (κ3) is 2.69. The quantitative estimate of drug-likeness (QED) is 0.860. The van der Waals surface area contributed by atoms with Crippen molar-refractivity contribution in [1.29, 1.82) is 0 Å². The smallest absolute Gasteiger partial charge is 0.251 e. The van der Waals surface area contributed by atoms with Crippen LogP contribution in [-0.4, -0.2) is 5.91 Å². The van der Waals surface area contributed by atoms with E-state index in [1.54, 1.807) is 0 Å². The molecule has 0 bridgehead atoms. The molecule has 1 N–H and O–H groups in total. The zero-order valence-corrected chi connectivity index (χ0v) is 13.0. The predicted molar refractivity (Wildman–Crippen MR) is 91.7 cm³/mol. The number of nitrogens with one attached hydrogen (secondary N) is 1. The van der Waals surface area contributed by atoms with E-state index < -0.39 is 0 Å². The SMILES string of the molecule is CCC1C(C(=O)Nc2ccccc2)=Cc2ccccc2C1C. The second kappa shape index (κ2) is 6.18. The van der Waals surface area contributed by atoms with Gasteiger partial charge < -0.3 is 5.32 Å². The van der Waals surface area contributed by atoms with Crippen LogP contribution in [-0.2, 0) is 4.79 Å². The molecule has 1 aliphatic rings. The van der Waals surface area contributed by atoms with Gasteiger partial charge in [-0.3, -0.25) is 4.79 Å². The second-order valence-electron chi connectivity index (χ2n) is 5.85. The molecule has 2 nitrogen and oxygen atoms in total. The maximum atomic E-state index is 12.7. The Kier molecular flexibility index (Phi) is 4.10. The van der Waals surface area contributed by atoms with Crippen molar-refractivity contribution in [2.24, 2.45) is 5.92 Å². The molecule has 112 valence electrons. The average molecular weight is 291 g/mol. The molecule has 2 aromatic rings. The second-order valence-corrected chi connectivity index (χ2v) is 5.85. The molecule has 3 rings (SSSR count). The maximum absolute atomic E-state index is 12.7. The zero-order chi connectivity index (χ0) is 15.5.